The highest BCUT2D eigenvalue weighted by atomic mass is 35.5. The molecule has 2 aromatic carbocycles. The van der Waals surface area contributed by atoms with Gasteiger partial charge in [-0.2, -0.15) is 5.26 Å². The van der Waals surface area contributed by atoms with Gasteiger partial charge in [-0.1, -0.05) is 17.7 Å². The first-order valence-electron chi connectivity index (χ1n) is 6.49. The Labute approximate surface area is 128 Å². The Bertz CT molecular complexity index is 707. The van der Waals surface area contributed by atoms with Crippen LogP contribution >= 0.6 is 11.6 Å². The van der Waals surface area contributed by atoms with Crippen LogP contribution in [0.2, 0.25) is 5.02 Å². The number of amides is 1. The second kappa shape index (κ2) is 6.78. The van der Waals surface area contributed by atoms with E-state index in [-0.39, 0.29) is 5.91 Å². The number of nitrogens with zero attached hydrogens (tertiary/aromatic N) is 1. The van der Waals surface area contributed by atoms with Crippen molar-refractivity contribution in [2.75, 3.05) is 17.2 Å². The lowest BCUT2D eigenvalue weighted by molar-refractivity contribution is 0.102. The first-order chi connectivity index (χ1) is 10.1. The number of nitrogens with one attached hydrogen (secondary N) is 2. The van der Waals surface area contributed by atoms with E-state index in [0.29, 0.717) is 28.4 Å². The van der Waals surface area contributed by atoms with E-state index < -0.39 is 0 Å². The minimum Gasteiger partial charge on any atom is -0.385 e. The Morgan fingerprint density at radius 1 is 1.29 bits per heavy atom. The summed E-state index contributed by atoms with van der Waals surface area (Å²) < 4.78 is 0. The van der Waals surface area contributed by atoms with E-state index in [1.54, 1.807) is 42.5 Å². The molecule has 0 saturated heterocycles. The lowest BCUT2D eigenvalue weighted by Crippen LogP contribution is -2.15. The Morgan fingerprint density at radius 2 is 2.10 bits per heavy atom. The predicted molar refractivity (Wildman–Crippen MR) is 84.7 cm³/mol. The molecule has 2 aromatic rings. The third-order valence-electron chi connectivity index (χ3n) is 2.84. The van der Waals surface area contributed by atoms with Crippen LogP contribution in [0.5, 0.6) is 0 Å². The normalized spacial score (nSPS) is 9.76. The molecular weight excluding hydrogens is 286 g/mol. The summed E-state index contributed by atoms with van der Waals surface area (Å²) in [7, 11) is 0. The Morgan fingerprint density at radius 3 is 2.81 bits per heavy atom. The summed E-state index contributed by atoms with van der Waals surface area (Å²) >= 11 is 5.96. The van der Waals surface area contributed by atoms with Crippen LogP contribution in [0.25, 0.3) is 0 Å². The van der Waals surface area contributed by atoms with Crippen LogP contribution in [0.1, 0.15) is 22.8 Å². The fourth-order valence-corrected chi connectivity index (χ4v) is 2.09. The van der Waals surface area contributed by atoms with Gasteiger partial charge < -0.3 is 10.6 Å². The molecule has 0 fully saturated rings. The van der Waals surface area contributed by atoms with Crippen molar-refractivity contribution in [1.82, 2.24) is 0 Å². The summed E-state index contributed by atoms with van der Waals surface area (Å²) in [6.07, 6.45) is 0. The fraction of sp³-hybridized carbons (Fsp3) is 0.125. The van der Waals surface area contributed by atoms with Gasteiger partial charge in [0.25, 0.3) is 5.91 Å². The van der Waals surface area contributed by atoms with Crippen molar-refractivity contribution in [2.24, 2.45) is 0 Å². The van der Waals surface area contributed by atoms with Crippen molar-refractivity contribution in [2.45, 2.75) is 6.92 Å². The van der Waals surface area contributed by atoms with Crippen LogP contribution in [0, 0.1) is 11.3 Å². The Kier molecular flexibility index (Phi) is 4.81. The van der Waals surface area contributed by atoms with Gasteiger partial charge >= 0.3 is 0 Å². The van der Waals surface area contributed by atoms with E-state index in [0.717, 1.165) is 5.69 Å². The maximum atomic E-state index is 12.4. The first-order valence-corrected chi connectivity index (χ1v) is 6.86. The van der Waals surface area contributed by atoms with Gasteiger partial charge in [-0.3, -0.25) is 4.79 Å². The molecule has 0 aliphatic carbocycles. The van der Waals surface area contributed by atoms with Crippen molar-refractivity contribution < 1.29 is 4.79 Å². The van der Waals surface area contributed by atoms with Crippen LogP contribution in [-0.2, 0) is 0 Å². The zero-order valence-electron chi connectivity index (χ0n) is 11.5. The second-order valence-corrected chi connectivity index (χ2v) is 4.80. The Hall–Kier alpha value is -2.51. The van der Waals surface area contributed by atoms with Crippen molar-refractivity contribution in [3.63, 3.8) is 0 Å². The molecule has 0 heterocycles. The third-order valence-corrected chi connectivity index (χ3v) is 3.08. The lowest BCUT2D eigenvalue weighted by Gasteiger charge is -2.11. The van der Waals surface area contributed by atoms with Gasteiger partial charge in [-0.25, -0.2) is 0 Å². The van der Waals surface area contributed by atoms with Crippen molar-refractivity contribution in [3.8, 4) is 6.07 Å². The average Bonchev–Trinajstić information content (AvgIpc) is 2.49. The van der Waals surface area contributed by atoms with Gasteiger partial charge in [-0.05, 0) is 43.3 Å². The molecule has 0 unspecified atom stereocenters. The molecule has 0 atom stereocenters. The number of carbonyl (C=O) groups excluding carboxylic acids is 1. The summed E-state index contributed by atoms with van der Waals surface area (Å²) in [6, 6.07) is 13.9. The zero-order chi connectivity index (χ0) is 15.2. The average molecular weight is 300 g/mol. The number of hydrogen-bond acceptors (Lipinski definition) is 3. The van der Waals surface area contributed by atoms with E-state index in [1.807, 2.05) is 13.0 Å². The molecule has 2 rings (SSSR count). The predicted octanol–water partition coefficient (Wildman–Crippen LogP) is 3.90. The number of benzene rings is 2. The third kappa shape index (κ3) is 3.74. The SMILES string of the molecule is CCNc1ccc(Cl)cc1C(=O)Nc1cccc(C#N)c1. The number of nitriles is 1. The number of hydrogen-bond donors (Lipinski definition) is 2. The standard InChI is InChI=1S/C16H14ClN3O/c1-2-19-15-7-6-12(17)9-14(15)16(21)20-13-5-3-4-11(8-13)10-18/h3-9,19H,2H2,1H3,(H,20,21). The summed E-state index contributed by atoms with van der Waals surface area (Å²) in [4.78, 5) is 12.4. The molecule has 1 amide bonds. The van der Waals surface area contributed by atoms with Gasteiger partial charge in [0, 0.05) is 22.9 Å². The molecule has 0 aliphatic rings. The number of anilines is 2. The molecule has 0 saturated carbocycles. The van der Waals surface area contributed by atoms with Gasteiger partial charge in [0.15, 0.2) is 0 Å². The van der Waals surface area contributed by atoms with E-state index in [1.165, 1.54) is 0 Å². The fourth-order valence-electron chi connectivity index (χ4n) is 1.91. The highest BCUT2D eigenvalue weighted by molar-refractivity contribution is 6.31. The lowest BCUT2D eigenvalue weighted by atomic mass is 10.1. The largest absolute Gasteiger partial charge is 0.385 e. The maximum Gasteiger partial charge on any atom is 0.257 e. The van der Waals surface area contributed by atoms with Gasteiger partial charge in [0.2, 0.25) is 0 Å². The van der Waals surface area contributed by atoms with Crippen molar-refractivity contribution in [3.05, 3.63) is 58.6 Å². The zero-order valence-corrected chi connectivity index (χ0v) is 12.2. The van der Waals surface area contributed by atoms with E-state index in [9.17, 15) is 4.79 Å². The van der Waals surface area contributed by atoms with Gasteiger partial charge in [0.05, 0.1) is 17.2 Å². The first kappa shape index (κ1) is 14.9. The maximum absolute atomic E-state index is 12.4. The van der Waals surface area contributed by atoms with Crippen LogP contribution in [0.4, 0.5) is 11.4 Å². The minimum absolute atomic E-state index is 0.275. The summed E-state index contributed by atoms with van der Waals surface area (Å²) in [6.45, 7) is 2.65. The monoisotopic (exact) mass is 299 g/mol. The summed E-state index contributed by atoms with van der Waals surface area (Å²) in [5.74, 6) is -0.275. The van der Waals surface area contributed by atoms with Crippen LogP contribution in [-0.4, -0.2) is 12.5 Å². The molecule has 5 heteroatoms. The molecule has 0 radical (unpaired) electrons. The number of halogens is 1. The quantitative estimate of drug-likeness (QED) is 0.900. The molecule has 2 N–H and O–H groups in total. The highest BCUT2D eigenvalue weighted by Crippen LogP contribution is 2.22. The van der Waals surface area contributed by atoms with Gasteiger partial charge in [-0.15, -0.1) is 0 Å². The van der Waals surface area contributed by atoms with E-state index in [2.05, 4.69) is 10.6 Å². The van der Waals surface area contributed by atoms with Crippen LogP contribution in [0.3, 0.4) is 0 Å². The second-order valence-electron chi connectivity index (χ2n) is 4.37. The van der Waals surface area contributed by atoms with Gasteiger partial charge in [0.1, 0.15) is 0 Å². The molecule has 0 bridgehead atoms. The molecule has 0 spiro atoms. The van der Waals surface area contributed by atoms with Crippen molar-refractivity contribution >= 4 is 28.9 Å². The van der Waals surface area contributed by atoms with E-state index >= 15 is 0 Å². The summed E-state index contributed by atoms with van der Waals surface area (Å²) in [5, 5.41) is 15.3. The molecular formula is C16H14ClN3O. The number of carbonyl (C=O) groups is 1. The molecule has 106 valence electrons. The Balaban J connectivity index is 2.27. The molecule has 4 nitrogen and oxygen atoms in total. The molecule has 0 aromatic heterocycles. The minimum atomic E-state index is -0.275. The molecule has 0 aliphatic heterocycles. The summed E-state index contributed by atoms with van der Waals surface area (Å²) in [5.41, 5.74) is 2.25. The van der Waals surface area contributed by atoms with Crippen LogP contribution < -0.4 is 10.6 Å². The van der Waals surface area contributed by atoms with Crippen LogP contribution in [0.15, 0.2) is 42.5 Å². The smallest absolute Gasteiger partial charge is 0.257 e. The molecule has 21 heavy (non-hydrogen) atoms. The van der Waals surface area contributed by atoms with Crippen molar-refractivity contribution in [1.29, 1.82) is 5.26 Å². The van der Waals surface area contributed by atoms with E-state index in [4.69, 9.17) is 16.9 Å². The topological polar surface area (TPSA) is 64.9 Å². The number of rotatable bonds is 4. The highest BCUT2D eigenvalue weighted by Gasteiger charge is 2.12.